The van der Waals surface area contributed by atoms with Crippen molar-refractivity contribution in [2.75, 3.05) is 32.1 Å². The van der Waals surface area contributed by atoms with Crippen molar-refractivity contribution in [3.05, 3.63) is 5.01 Å². The number of aromatic nitrogens is 2. The fourth-order valence-corrected chi connectivity index (χ4v) is 1.49. The Balaban J connectivity index is 2.18. The van der Waals surface area contributed by atoms with Crippen LogP contribution in [0.15, 0.2) is 0 Å². The zero-order valence-electron chi connectivity index (χ0n) is 8.74. The molecule has 0 aliphatic heterocycles. The number of nitrogens with zero attached hydrogens (tertiary/aromatic N) is 2. The van der Waals surface area contributed by atoms with E-state index in [1.807, 2.05) is 6.92 Å². The molecule has 0 aromatic carbocycles. The first-order valence-electron chi connectivity index (χ1n) is 4.52. The molecule has 0 spiro atoms. The lowest BCUT2D eigenvalue weighted by molar-refractivity contribution is -0.115. The number of hydrogen-bond acceptors (Lipinski definition) is 6. The molecule has 1 aromatic heterocycles. The molecule has 1 rings (SSSR count). The van der Waals surface area contributed by atoms with E-state index in [9.17, 15) is 4.79 Å². The Hall–Kier alpha value is -1.05. The van der Waals surface area contributed by atoms with Crippen LogP contribution in [-0.2, 0) is 9.53 Å². The predicted octanol–water partition coefficient (Wildman–Crippen LogP) is 0.0210. The van der Waals surface area contributed by atoms with Gasteiger partial charge in [0.1, 0.15) is 5.01 Å². The van der Waals surface area contributed by atoms with Crippen molar-refractivity contribution >= 4 is 22.4 Å². The number of carbonyl (C=O) groups is 1. The fourth-order valence-electron chi connectivity index (χ4n) is 0.887. The van der Waals surface area contributed by atoms with Crippen LogP contribution in [-0.4, -0.2) is 42.9 Å². The SMILES string of the molecule is COCCNCC(=O)Nc1nnc(C)s1. The normalized spacial score (nSPS) is 10.3. The zero-order valence-corrected chi connectivity index (χ0v) is 9.56. The number of rotatable bonds is 6. The average Bonchev–Trinajstić information content (AvgIpc) is 2.59. The number of hydrogen-bond donors (Lipinski definition) is 2. The Morgan fingerprint density at radius 2 is 2.33 bits per heavy atom. The molecule has 0 fully saturated rings. The first-order valence-corrected chi connectivity index (χ1v) is 5.33. The topological polar surface area (TPSA) is 76.1 Å². The predicted molar refractivity (Wildman–Crippen MR) is 58.0 cm³/mol. The Kier molecular flexibility index (Phi) is 5.16. The van der Waals surface area contributed by atoms with Crippen molar-refractivity contribution in [2.24, 2.45) is 0 Å². The van der Waals surface area contributed by atoms with Crippen molar-refractivity contribution in [1.29, 1.82) is 0 Å². The molecular formula is C8H14N4O2S. The van der Waals surface area contributed by atoms with Gasteiger partial charge in [0.2, 0.25) is 11.0 Å². The lowest BCUT2D eigenvalue weighted by atomic mass is 10.5. The lowest BCUT2D eigenvalue weighted by Gasteiger charge is -2.02. The highest BCUT2D eigenvalue weighted by Crippen LogP contribution is 2.12. The maximum Gasteiger partial charge on any atom is 0.240 e. The van der Waals surface area contributed by atoms with Crippen molar-refractivity contribution in [2.45, 2.75) is 6.92 Å². The number of aryl methyl sites for hydroxylation is 1. The number of nitrogens with one attached hydrogen (secondary N) is 2. The molecule has 0 unspecified atom stereocenters. The Bertz CT molecular complexity index is 315. The average molecular weight is 230 g/mol. The standard InChI is InChI=1S/C8H14N4O2S/c1-6-11-12-8(15-6)10-7(13)5-9-3-4-14-2/h9H,3-5H2,1-2H3,(H,10,12,13). The van der Waals surface area contributed by atoms with E-state index in [0.717, 1.165) is 5.01 Å². The molecule has 84 valence electrons. The molecule has 0 radical (unpaired) electrons. The molecule has 0 bridgehead atoms. The van der Waals surface area contributed by atoms with E-state index in [4.69, 9.17) is 4.74 Å². The number of carbonyl (C=O) groups excluding carboxylic acids is 1. The van der Waals surface area contributed by atoms with Crippen LogP contribution in [0.5, 0.6) is 0 Å². The third kappa shape index (κ3) is 4.82. The lowest BCUT2D eigenvalue weighted by Crippen LogP contribution is -2.30. The summed E-state index contributed by atoms with van der Waals surface area (Å²) in [6.07, 6.45) is 0. The van der Waals surface area contributed by atoms with E-state index in [0.29, 0.717) is 18.3 Å². The molecule has 7 heteroatoms. The second kappa shape index (κ2) is 6.44. The van der Waals surface area contributed by atoms with Gasteiger partial charge in [0, 0.05) is 13.7 Å². The molecule has 6 nitrogen and oxygen atoms in total. The number of methoxy groups -OCH3 is 1. The summed E-state index contributed by atoms with van der Waals surface area (Å²) in [7, 11) is 1.62. The summed E-state index contributed by atoms with van der Waals surface area (Å²) in [5.74, 6) is -0.123. The number of anilines is 1. The van der Waals surface area contributed by atoms with Gasteiger partial charge in [0.15, 0.2) is 0 Å². The Morgan fingerprint density at radius 3 is 2.93 bits per heavy atom. The van der Waals surface area contributed by atoms with Gasteiger partial charge >= 0.3 is 0 Å². The quantitative estimate of drug-likeness (QED) is 0.674. The van der Waals surface area contributed by atoms with E-state index in [2.05, 4.69) is 20.8 Å². The molecule has 0 atom stereocenters. The van der Waals surface area contributed by atoms with Crippen LogP contribution in [0, 0.1) is 6.92 Å². The van der Waals surface area contributed by atoms with Gasteiger partial charge in [0.05, 0.1) is 13.2 Å². The van der Waals surface area contributed by atoms with Gasteiger partial charge in [-0.2, -0.15) is 0 Å². The van der Waals surface area contributed by atoms with Crippen LogP contribution in [0.1, 0.15) is 5.01 Å². The van der Waals surface area contributed by atoms with Gasteiger partial charge in [-0.25, -0.2) is 0 Å². The molecule has 1 aromatic rings. The van der Waals surface area contributed by atoms with Crippen LogP contribution in [0.2, 0.25) is 0 Å². The maximum atomic E-state index is 11.3. The molecule has 0 aliphatic rings. The van der Waals surface area contributed by atoms with Gasteiger partial charge in [0.25, 0.3) is 0 Å². The maximum absolute atomic E-state index is 11.3. The van der Waals surface area contributed by atoms with E-state index in [-0.39, 0.29) is 12.5 Å². The van der Waals surface area contributed by atoms with Gasteiger partial charge in [-0.3, -0.25) is 10.1 Å². The zero-order chi connectivity index (χ0) is 11.1. The summed E-state index contributed by atoms with van der Waals surface area (Å²) in [4.78, 5) is 11.3. The minimum atomic E-state index is -0.123. The molecule has 0 saturated heterocycles. The van der Waals surface area contributed by atoms with Crippen LogP contribution >= 0.6 is 11.3 Å². The van der Waals surface area contributed by atoms with Crippen LogP contribution in [0.4, 0.5) is 5.13 Å². The highest BCUT2D eigenvalue weighted by Gasteiger charge is 2.05. The molecule has 1 amide bonds. The van der Waals surface area contributed by atoms with Crippen LogP contribution < -0.4 is 10.6 Å². The summed E-state index contributed by atoms with van der Waals surface area (Å²) in [6.45, 7) is 3.33. The first-order chi connectivity index (χ1) is 7.22. The third-order valence-corrected chi connectivity index (χ3v) is 2.30. The number of ether oxygens (including phenoxy) is 1. The van der Waals surface area contributed by atoms with Gasteiger partial charge < -0.3 is 10.1 Å². The second-order valence-electron chi connectivity index (χ2n) is 2.84. The van der Waals surface area contributed by atoms with Gasteiger partial charge in [-0.05, 0) is 6.92 Å². The Labute approximate surface area is 92.0 Å². The van der Waals surface area contributed by atoms with Gasteiger partial charge in [-0.1, -0.05) is 11.3 Å². The van der Waals surface area contributed by atoms with Crippen molar-refractivity contribution in [3.8, 4) is 0 Å². The minimum Gasteiger partial charge on any atom is -0.383 e. The Morgan fingerprint density at radius 1 is 1.53 bits per heavy atom. The highest BCUT2D eigenvalue weighted by molar-refractivity contribution is 7.15. The molecule has 2 N–H and O–H groups in total. The summed E-state index contributed by atoms with van der Waals surface area (Å²) in [5, 5.41) is 14.5. The molecule has 1 heterocycles. The third-order valence-electron chi connectivity index (χ3n) is 1.54. The monoisotopic (exact) mass is 230 g/mol. The van der Waals surface area contributed by atoms with Crippen molar-refractivity contribution in [3.63, 3.8) is 0 Å². The molecule has 0 saturated carbocycles. The van der Waals surface area contributed by atoms with Crippen molar-refractivity contribution < 1.29 is 9.53 Å². The number of amides is 1. The second-order valence-corrected chi connectivity index (χ2v) is 4.03. The molecular weight excluding hydrogens is 216 g/mol. The summed E-state index contributed by atoms with van der Waals surface area (Å²) in [5.41, 5.74) is 0. The van der Waals surface area contributed by atoms with Gasteiger partial charge in [-0.15, -0.1) is 10.2 Å². The van der Waals surface area contributed by atoms with E-state index >= 15 is 0 Å². The van der Waals surface area contributed by atoms with E-state index < -0.39 is 0 Å². The van der Waals surface area contributed by atoms with E-state index in [1.54, 1.807) is 7.11 Å². The minimum absolute atomic E-state index is 0.123. The largest absolute Gasteiger partial charge is 0.383 e. The fraction of sp³-hybridized carbons (Fsp3) is 0.625. The van der Waals surface area contributed by atoms with Crippen LogP contribution in [0.3, 0.4) is 0 Å². The van der Waals surface area contributed by atoms with Crippen LogP contribution in [0.25, 0.3) is 0 Å². The molecule has 15 heavy (non-hydrogen) atoms. The summed E-state index contributed by atoms with van der Waals surface area (Å²) >= 11 is 1.35. The summed E-state index contributed by atoms with van der Waals surface area (Å²) in [6, 6.07) is 0. The summed E-state index contributed by atoms with van der Waals surface area (Å²) < 4.78 is 4.83. The first kappa shape index (κ1) is 12.0. The highest BCUT2D eigenvalue weighted by atomic mass is 32.1. The van der Waals surface area contributed by atoms with E-state index in [1.165, 1.54) is 11.3 Å². The van der Waals surface area contributed by atoms with Crippen molar-refractivity contribution in [1.82, 2.24) is 15.5 Å². The smallest absolute Gasteiger partial charge is 0.240 e. The molecule has 0 aliphatic carbocycles.